The molecular formula is C13H14FN3OS2. The first-order valence-corrected chi connectivity index (χ1v) is 6.76. The Hall–Kier alpha value is -1.57. The second-order valence-electron chi connectivity index (χ2n) is 4.11. The number of hydrogen-bond acceptors (Lipinski definition) is 4. The number of aromatic amines is 1. The molecule has 4 nitrogen and oxygen atoms in total. The summed E-state index contributed by atoms with van der Waals surface area (Å²) in [4.78, 5) is 2.89. The van der Waals surface area contributed by atoms with Crippen molar-refractivity contribution >= 4 is 24.4 Å². The van der Waals surface area contributed by atoms with Crippen molar-refractivity contribution in [2.75, 3.05) is 13.7 Å². The summed E-state index contributed by atoms with van der Waals surface area (Å²) in [6, 6.07) is 6.02. The van der Waals surface area contributed by atoms with Gasteiger partial charge in [0.05, 0.1) is 12.8 Å². The van der Waals surface area contributed by atoms with Crippen LogP contribution in [-0.4, -0.2) is 23.2 Å². The van der Waals surface area contributed by atoms with Gasteiger partial charge in [0, 0.05) is 18.7 Å². The first-order valence-electron chi connectivity index (χ1n) is 5.95. The molecule has 0 aliphatic heterocycles. The predicted octanol–water partition coefficient (Wildman–Crippen LogP) is 3.05. The minimum atomic E-state index is -0.357. The average Bonchev–Trinajstić information content (AvgIpc) is 2.41. The standard InChI is InChI=1S/C13H14FN3OS2/c1-18-11-3-2-8(14)6-9(11)10-7-12(19)16-13(20)17(10)5-4-15/h2-3,6-7H,4-5,15H2,1H3,(H,16,19,20). The number of benzene rings is 1. The highest BCUT2D eigenvalue weighted by molar-refractivity contribution is 7.72. The molecule has 0 fully saturated rings. The van der Waals surface area contributed by atoms with E-state index < -0.39 is 0 Å². The zero-order chi connectivity index (χ0) is 14.7. The van der Waals surface area contributed by atoms with Gasteiger partial charge >= 0.3 is 0 Å². The Kier molecular flexibility index (Phi) is 4.64. The third kappa shape index (κ3) is 2.95. The minimum Gasteiger partial charge on any atom is -0.496 e. The summed E-state index contributed by atoms with van der Waals surface area (Å²) >= 11 is 10.4. The fourth-order valence-electron chi connectivity index (χ4n) is 1.98. The van der Waals surface area contributed by atoms with E-state index in [0.717, 1.165) is 0 Å². The summed E-state index contributed by atoms with van der Waals surface area (Å²) in [6.45, 7) is 0.906. The van der Waals surface area contributed by atoms with Gasteiger partial charge in [-0.25, -0.2) is 4.39 Å². The molecule has 0 aliphatic rings. The lowest BCUT2D eigenvalue weighted by Gasteiger charge is -2.15. The molecule has 0 saturated heterocycles. The van der Waals surface area contributed by atoms with Gasteiger partial charge in [0.1, 0.15) is 16.2 Å². The molecule has 0 atom stereocenters. The quantitative estimate of drug-likeness (QED) is 0.852. The van der Waals surface area contributed by atoms with Crippen LogP contribution in [0.3, 0.4) is 0 Å². The zero-order valence-electron chi connectivity index (χ0n) is 10.9. The number of halogens is 1. The molecule has 1 heterocycles. The van der Waals surface area contributed by atoms with E-state index in [4.69, 9.17) is 34.9 Å². The van der Waals surface area contributed by atoms with Gasteiger partial charge < -0.3 is 20.0 Å². The Morgan fingerprint density at radius 1 is 1.35 bits per heavy atom. The molecule has 0 aliphatic carbocycles. The summed E-state index contributed by atoms with van der Waals surface area (Å²) in [5.41, 5.74) is 6.87. The number of aromatic nitrogens is 2. The smallest absolute Gasteiger partial charge is 0.178 e. The van der Waals surface area contributed by atoms with Gasteiger partial charge in [-0.2, -0.15) is 0 Å². The van der Waals surface area contributed by atoms with Crippen LogP contribution in [0.15, 0.2) is 24.3 Å². The lowest BCUT2D eigenvalue weighted by Crippen LogP contribution is -2.14. The molecule has 1 aromatic carbocycles. The van der Waals surface area contributed by atoms with Crippen molar-refractivity contribution in [2.45, 2.75) is 6.54 Å². The number of H-pyrrole nitrogens is 1. The fourth-order valence-corrected chi connectivity index (χ4v) is 2.55. The third-order valence-corrected chi connectivity index (χ3v) is 3.37. The molecule has 0 radical (unpaired) electrons. The molecule has 1 aromatic heterocycles. The van der Waals surface area contributed by atoms with Crippen LogP contribution in [0.2, 0.25) is 0 Å². The van der Waals surface area contributed by atoms with Crippen molar-refractivity contribution in [1.29, 1.82) is 0 Å². The Labute approximate surface area is 126 Å². The van der Waals surface area contributed by atoms with Gasteiger partial charge in [0.15, 0.2) is 4.77 Å². The Bertz CT molecular complexity index is 739. The van der Waals surface area contributed by atoms with Crippen LogP contribution in [0.5, 0.6) is 5.75 Å². The molecule has 0 saturated carbocycles. The Balaban J connectivity index is 2.77. The van der Waals surface area contributed by atoms with Gasteiger partial charge in [-0.05, 0) is 36.5 Å². The van der Waals surface area contributed by atoms with Crippen LogP contribution in [0.1, 0.15) is 0 Å². The molecule has 0 bridgehead atoms. The van der Waals surface area contributed by atoms with E-state index >= 15 is 0 Å². The largest absolute Gasteiger partial charge is 0.496 e. The number of hydrogen-bond donors (Lipinski definition) is 2. The molecule has 106 valence electrons. The van der Waals surface area contributed by atoms with Crippen LogP contribution in [0.25, 0.3) is 11.3 Å². The Morgan fingerprint density at radius 2 is 2.10 bits per heavy atom. The highest BCUT2D eigenvalue weighted by Gasteiger charge is 2.12. The number of nitrogens with zero attached hydrogens (tertiary/aromatic N) is 1. The summed E-state index contributed by atoms with van der Waals surface area (Å²) in [7, 11) is 1.53. The summed E-state index contributed by atoms with van der Waals surface area (Å²) in [5.74, 6) is 0.192. The highest BCUT2D eigenvalue weighted by Crippen LogP contribution is 2.30. The maximum absolute atomic E-state index is 13.5. The van der Waals surface area contributed by atoms with Crippen LogP contribution in [-0.2, 0) is 6.54 Å². The van der Waals surface area contributed by atoms with E-state index in [-0.39, 0.29) is 5.82 Å². The lowest BCUT2D eigenvalue weighted by molar-refractivity contribution is 0.415. The predicted molar refractivity (Wildman–Crippen MR) is 81.5 cm³/mol. The molecule has 0 amide bonds. The first kappa shape index (κ1) is 14.8. The van der Waals surface area contributed by atoms with Gasteiger partial charge in [-0.1, -0.05) is 12.2 Å². The molecule has 7 heteroatoms. The maximum Gasteiger partial charge on any atom is 0.178 e. The number of nitrogens with two attached hydrogens (primary N) is 1. The van der Waals surface area contributed by atoms with E-state index in [2.05, 4.69) is 4.98 Å². The maximum atomic E-state index is 13.5. The van der Waals surface area contributed by atoms with Crippen molar-refractivity contribution in [3.05, 3.63) is 39.5 Å². The summed E-state index contributed by atoms with van der Waals surface area (Å²) in [6.07, 6.45) is 0. The van der Waals surface area contributed by atoms with E-state index in [1.54, 1.807) is 16.7 Å². The minimum absolute atomic E-state index is 0.357. The van der Waals surface area contributed by atoms with Gasteiger partial charge in [0.2, 0.25) is 0 Å². The van der Waals surface area contributed by atoms with Crippen molar-refractivity contribution < 1.29 is 9.13 Å². The monoisotopic (exact) mass is 311 g/mol. The summed E-state index contributed by atoms with van der Waals surface area (Å²) in [5, 5.41) is 0. The molecule has 2 aromatic rings. The van der Waals surface area contributed by atoms with Crippen LogP contribution >= 0.6 is 24.4 Å². The van der Waals surface area contributed by atoms with Gasteiger partial charge in [-0.3, -0.25) is 0 Å². The van der Waals surface area contributed by atoms with E-state index in [1.807, 2.05) is 0 Å². The van der Waals surface area contributed by atoms with Crippen LogP contribution < -0.4 is 10.5 Å². The highest BCUT2D eigenvalue weighted by atomic mass is 32.1. The number of nitrogens with one attached hydrogen (secondary N) is 1. The SMILES string of the molecule is COc1ccc(F)cc1-c1cc(=S)[nH]c(=S)n1CCN. The van der Waals surface area contributed by atoms with Crippen molar-refractivity contribution in [3.63, 3.8) is 0 Å². The number of methoxy groups -OCH3 is 1. The number of ether oxygens (including phenoxy) is 1. The lowest BCUT2D eigenvalue weighted by atomic mass is 10.1. The van der Waals surface area contributed by atoms with Crippen molar-refractivity contribution in [3.8, 4) is 17.0 Å². The second kappa shape index (κ2) is 6.25. The average molecular weight is 311 g/mol. The topological polar surface area (TPSA) is 56.0 Å². The van der Waals surface area contributed by atoms with Crippen molar-refractivity contribution in [2.24, 2.45) is 5.73 Å². The molecule has 20 heavy (non-hydrogen) atoms. The molecule has 0 spiro atoms. The molecule has 3 N–H and O–H groups in total. The van der Waals surface area contributed by atoms with Gasteiger partial charge in [-0.15, -0.1) is 0 Å². The zero-order valence-corrected chi connectivity index (χ0v) is 12.5. The third-order valence-electron chi connectivity index (χ3n) is 2.82. The fraction of sp³-hybridized carbons (Fsp3) is 0.231. The van der Waals surface area contributed by atoms with Crippen LogP contribution in [0.4, 0.5) is 4.39 Å². The van der Waals surface area contributed by atoms with E-state index in [0.29, 0.717) is 39.5 Å². The van der Waals surface area contributed by atoms with Crippen molar-refractivity contribution in [1.82, 2.24) is 9.55 Å². The first-order chi connectivity index (χ1) is 9.56. The van der Waals surface area contributed by atoms with Gasteiger partial charge in [0.25, 0.3) is 0 Å². The number of rotatable bonds is 4. The van der Waals surface area contributed by atoms with Crippen LogP contribution in [0, 0.1) is 15.2 Å². The molecular weight excluding hydrogens is 297 g/mol. The van der Waals surface area contributed by atoms with E-state index in [1.165, 1.54) is 19.2 Å². The van der Waals surface area contributed by atoms with E-state index in [9.17, 15) is 4.39 Å². The molecule has 0 unspecified atom stereocenters. The second-order valence-corrected chi connectivity index (χ2v) is 4.94. The Morgan fingerprint density at radius 3 is 2.75 bits per heavy atom. The normalized spacial score (nSPS) is 10.6. The molecule has 2 rings (SSSR count). The summed E-state index contributed by atoms with van der Waals surface area (Å²) < 4.78 is 21.5.